The van der Waals surface area contributed by atoms with Crippen LogP contribution in [0.25, 0.3) is 0 Å². The molecule has 1 atom stereocenters. The van der Waals surface area contributed by atoms with Crippen LogP contribution in [0.3, 0.4) is 0 Å². The van der Waals surface area contributed by atoms with E-state index in [9.17, 15) is 0 Å². The number of hydrogen-bond acceptors (Lipinski definition) is 0. The first kappa shape index (κ1) is 8.58. The number of rotatable bonds is 0. The van der Waals surface area contributed by atoms with Crippen LogP contribution in [0.5, 0.6) is 0 Å². The minimum absolute atomic E-state index is 0.228. The predicted octanol–water partition coefficient (Wildman–Crippen LogP) is 4.07. The summed E-state index contributed by atoms with van der Waals surface area (Å²) in [5.74, 6) is 0. The minimum Gasteiger partial charge on any atom is -0.118 e. The predicted molar refractivity (Wildman–Crippen MR) is 55.7 cm³/mol. The molecule has 1 aliphatic carbocycles. The van der Waals surface area contributed by atoms with Gasteiger partial charge in [0.2, 0.25) is 0 Å². The first-order valence-electron chi connectivity index (χ1n) is 4.20. The maximum Gasteiger partial charge on any atom is 0.0588 e. The highest BCUT2D eigenvalue weighted by Crippen LogP contribution is 2.35. The Labute approximate surface area is 86.1 Å². The molecule has 12 heavy (non-hydrogen) atoms. The average molecular weight is 246 g/mol. The summed E-state index contributed by atoms with van der Waals surface area (Å²) in [6, 6.07) is 6.41. The van der Waals surface area contributed by atoms with Crippen LogP contribution in [-0.4, -0.2) is 0 Å². The molecule has 0 aliphatic heterocycles. The van der Waals surface area contributed by atoms with Crippen LogP contribution < -0.4 is 0 Å². The highest BCUT2D eigenvalue weighted by Gasteiger charge is 2.17. The van der Waals surface area contributed by atoms with Crippen LogP contribution in [0.4, 0.5) is 0 Å². The fourth-order valence-electron chi connectivity index (χ4n) is 1.71. The largest absolute Gasteiger partial charge is 0.118 e. The van der Waals surface area contributed by atoms with E-state index in [0.717, 1.165) is 10.9 Å². The quantitative estimate of drug-likeness (QED) is 0.605. The Hall–Kier alpha value is -0.0100. The standard InChI is InChI=1S/C10H10BrCl/c11-8-5-4-7-2-1-3-10(12)9(7)6-8/h4-6,10H,1-3H2. The summed E-state index contributed by atoms with van der Waals surface area (Å²) in [5, 5.41) is 0.228. The Morgan fingerprint density at radius 3 is 3.08 bits per heavy atom. The number of halogens is 2. The van der Waals surface area contributed by atoms with Crippen molar-refractivity contribution < 1.29 is 0 Å². The lowest BCUT2D eigenvalue weighted by molar-refractivity contribution is 0.667. The molecule has 1 aliphatic rings. The average Bonchev–Trinajstić information content (AvgIpc) is 2.07. The van der Waals surface area contributed by atoms with Crippen molar-refractivity contribution in [3.8, 4) is 0 Å². The van der Waals surface area contributed by atoms with Gasteiger partial charge in [-0.2, -0.15) is 0 Å². The molecule has 0 radical (unpaired) electrons. The van der Waals surface area contributed by atoms with E-state index in [4.69, 9.17) is 11.6 Å². The van der Waals surface area contributed by atoms with Crippen molar-refractivity contribution in [3.63, 3.8) is 0 Å². The molecule has 0 aromatic heterocycles. The van der Waals surface area contributed by atoms with Gasteiger partial charge < -0.3 is 0 Å². The second-order valence-electron chi connectivity index (χ2n) is 3.20. The molecule has 0 N–H and O–H groups in total. The summed E-state index contributed by atoms with van der Waals surface area (Å²) in [6.45, 7) is 0. The summed E-state index contributed by atoms with van der Waals surface area (Å²) in [6.07, 6.45) is 3.53. The van der Waals surface area contributed by atoms with E-state index >= 15 is 0 Å². The Morgan fingerprint density at radius 1 is 1.42 bits per heavy atom. The van der Waals surface area contributed by atoms with E-state index in [-0.39, 0.29) is 5.38 Å². The van der Waals surface area contributed by atoms with E-state index in [2.05, 4.69) is 34.1 Å². The van der Waals surface area contributed by atoms with Gasteiger partial charge in [-0.05, 0) is 42.5 Å². The van der Waals surface area contributed by atoms with E-state index in [1.165, 1.54) is 24.0 Å². The van der Waals surface area contributed by atoms with Crippen LogP contribution in [0.2, 0.25) is 0 Å². The molecule has 1 aromatic carbocycles. The SMILES string of the molecule is ClC1CCCc2ccc(Br)cc21. The molecular weight excluding hydrogens is 235 g/mol. The zero-order valence-corrected chi connectivity index (χ0v) is 9.03. The topological polar surface area (TPSA) is 0 Å². The summed E-state index contributed by atoms with van der Waals surface area (Å²) in [4.78, 5) is 0. The molecule has 0 saturated heterocycles. The third-order valence-electron chi connectivity index (χ3n) is 2.35. The fourth-order valence-corrected chi connectivity index (χ4v) is 2.45. The van der Waals surface area contributed by atoms with Crippen LogP contribution in [-0.2, 0) is 6.42 Å². The number of alkyl halides is 1. The molecule has 0 heterocycles. The van der Waals surface area contributed by atoms with E-state index < -0.39 is 0 Å². The number of hydrogen-bond donors (Lipinski definition) is 0. The summed E-state index contributed by atoms with van der Waals surface area (Å²) >= 11 is 9.66. The molecule has 2 heteroatoms. The molecule has 0 spiro atoms. The zero-order valence-electron chi connectivity index (χ0n) is 6.69. The van der Waals surface area contributed by atoms with Crippen molar-refractivity contribution in [2.24, 2.45) is 0 Å². The van der Waals surface area contributed by atoms with Crippen molar-refractivity contribution in [2.45, 2.75) is 24.6 Å². The van der Waals surface area contributed by atoms with Gasteiger partial charge in [-0.3, -0.25) is 0 Å². The van der Waals surface area contributed by atoms with Gasteiger partial charge in [-0.25, -0.2) is 0 Å². The molecule has 64 valence electrons. The van der Waals surface area contributed by atoms with Gasteiger partial charge in [-0.15, -0.1) is 11.6 Å². The Morgan fingerprint density at radius 2 is 2.25 bits per heavy atom. The number of benzene rings is 1. The van der Waals surface area contributed by atoms with Crippen molar-refractivity contribution >= 4 is 27.5 Å². The van der Waals surface area contributed by atoms with Crippen LogP contribution in [0.1, 0.15) is 29.3 Å². The molecule has 0 bridgehead atoms. The molecule has 0 amide bonds. The van der Waals surface area contributed by atoms with Crippen LogP contribution in [0.15, 0.2) is 22.7 Å². The molecule has 0 nitrogen and oxygen atoms in total. The lowest BCUT2D eigenvalue weighted by atomic mass is 9.91. The second-order valence-corrected chi connectivity index (χ2v) is 4.65. The highest BCUT2D eigenvalue weighted by molar-refractivity contribution is 9.10. The van der Waals surface area contributed by atoms with Crippen molar-refractivity contribution in [1.29, 1.82) is 0 Å². The van der Waals surface area contributed by atoms with Gasteiger partial charge in [0, 0.05) is 4.47 Å². The first-order chi connectivity index (χ1) is 5.77. The third kappa shape index (κ3) is 1.53. The van der Waals surface area contributed by atoms with Gasteiger partial charge in [0.05, 0.1) is 5.38 Å². The number of fused-ring (bicyclic) bond motifs is 1. The van der Waals surface area contributed by atoms with Crippen molar-refractivity contribution in [2.75, 3.05) is 0 Å². The monoisotopic (exact) mass is 244 g/mol. The maximum atomic E-state index is 6.20. The minimum atomic E-state index is 0.228. The molecule has 1 unspecified atom stereocenters. The van der Waals surface area contributed by atoms with Crippen molar-refractivity contribution in [1.82, 2.24) is 0 Å². The van der Waals surface area contributed by atoms with Crippen LogP contribution in [0, 0.1) is 0 Å². The van der Waals surface area contributed by atoms with Gasteiger partial charge in [0.1, 0.15) is 0 Å². The molecule has 1 aromatic rings. The van der Waals surface area contributed by atoms with Gasteiger partial charge in [-0.1, -0.05) is 22.0 Å². The molecule has 0 saturated carbocycles. The number of aryl methyl sites for hydroxylation is 1. The normalized spacial score (nSPS) is 22.0. The summed E-state index contributed by atoms with van der Waals surface area (Å²) in [5.41, 5.74) is 2.74. The smallest absolute Gasteiger partial charge is 0.0588 e. The first-order valence-corrected chi connectivity index (χ1v) is 5.43. The van der Waals surface area contributed by atoms with Gasteiger partial charge in [0.25, 0.3) is 0 Å². The molecule has 0 fully saturated rings. The lowest BCUT2D eigenvalue weighted by Gasteiger charge is -2.20. The van der Waals surface area contributed by atoms with E-state index in [0.29, 0.717) is 0 Å². The van der Waals surface area contributed by atoms with Gasteiger partial charge >= 0.3 is 0 Å². The Kier molecular flexibility index (Phi) is 2.42. The maximum absolute atomic E-state index is 6.20. The second kappa shape index (κ2) is 3.39. The summed E-state index contributed by atoms with van der Waals surface area (Å²) < 4.78 is 1.13. The Bertz CT molecular complexity index is 296. The molecular formula is C10H10BrCl. The summed E-state index contributed by atoms with van der Waals surface area (Å²) in [7, 11) is 0. The highest BCUT2D eigenvalue weighted by atomic mass is 79.9. The van der Waals surface area contributed by atoms with Crippen molar-refractivity contribution in [3.05, 3.63) is 33.8 Å². The zero-order chi connectivity index (χ0) is 8.55. The molecule has 2 rings (SSSR count). The van der Waals surface area contributed by atoms with E-state index in [1.807, 2.05) is 0 Å². The Balaban J connectivity index is 2.47. The fraction of sp³-hybridized carbons (Fsp3) is 0.400. The lowest BCUT2D eigenvalue weighted by Crippen LogP contribution is -2.04. The van der Waals surface area contributed by atoms with Gasteiger partial charge in [0.15, 0.2) is 0 Å². The van der Waals surface area contributed by atoms with Crippen LogP contribution >= 0.6 is 27.5 Å². The van der Waals surface area contributed by atoms with E-state index in [1.54, 1.807) is 0 Å². The third-order valence-corrected chi connectivity index (χ3v) is 3.30.